The van der Waals surface area contributed by atoms with Gasteiger partial charge in [0.05, 0.1) is 23.9 Å². The molecule has 3 aromatic rings. The molecule has 306 valence electrons. The van der Waals surface area contributed by atoms with Crippen molar-refractivity contribution in [3.63, 3.8) is 0 Å². The number of nitrogens with one attached hydrogen (secondary N) is 4. The highest BCUT2D eigenvalue weighted by atomic mass is 32.2. The first-order valence-electron chi connectivity index (χ1n) is 19.7. The fraction of sp³-hybridized carbons (Fsp3) is 0.511. The number of hydrogen-bond donors (Lipinski definition) is 4. The number of methoxy groups -OCH3 is 1. The van der Waals surface area contributed by atoms with E-state index in [0.29, 0.717) is 18.6 Å². The Labute approximate surface area is 339 Å². The number of ether oxygens (including phenoxy) is 2. The second kappa shape index (κ2) is 21.8. The number of benzene rings is 3. The van der Waals surface area contributed by atoms with Gasteiger partial charge in [0.25, 0.3) is 0 Å². The molecule has 0 fully saturated rings. The zero-order valence-corrected chi connectivity index (χ0v) is 35.7. The number of amides is 3. The molecule has 10 nitrogen and oxygen atoms in total. The predicted octanol–water partition coefficient (Wildman–Crippen LogP) is 7.45. The third-order valence-electron chi connectivity index (χ3n) is 9.60. The lowest BCUT2D eigenvalue weighted by Gasteiger charge is -2.37. The molecule has 0 aliphatic heterocycles. The molecule has 0 bridgehead atoms. The summed E-state index contributed by atoms with van der Waals surface area (Å²) in [4.78, 5) is 53.7. The van der Waals surface area contributed by atoms with E-state index in [4.69, 9.17) is 9.47 Å². The Balaban J connectivity index is 1.95. The van der Waals surface area contributed by atoms with E-state index in [0.717, 1.165) is 16.7 Å². The molecule has 5 atom stereocenters. The average molecular weight is 789 g/mol. The number of hydrogen-bond acceptors (Lipinski definition) is 8. The van der Waals surface area contributed by atoms with Gasteiger partial charge in [0.2, 0.25) is 11.8 Å². The van der Waals surface area contributed by atoms with E-state index in [-0.39, 0.29) is 30.2 Å². The van der Waals surface area contributed by atoms with E-state index in [1.165, 1.54) is 7.11 Å². The maximum atomic E-state index is 14.1. The molecule has 3 amide bonds. The quantitative estimate of drug-likeness (QED) is 0.0686. The molecule has 3 aromatic carbocycles. The smallest absolute Gasteiger partial charge is 0.407 e. The number of carbonyl (C=O) groups is 4. The third-order valence-corrected chi connectivity index (χ3v) is 11.3. The summed E-state index contributed by atoms with van der Waals surface area (Å²) in [6, 6.07) is 28.1. The minimum absolute atomic E-state index is 0.129. The van der Waals surface area contributed by atoms with Gasteiger partial charge in [-0.2, -0.15) is 0 Å². The van der Waals surface area contributed by atoms with Crippen LogP contribution in [0.5, 0.6) is 0 Å². The first-order chi connectivity index (χ1) is 26.5. The van der Waals surface area contributed by atoms with Crippen molar-refractivity contribution < 1.29 is 28.7 Å². The van der Waals surface area contributed by atoms with Crippen LogP contribution >= 0.6 is 11.8 Å². The minimum Gasteiger partial charge on any atom is -0.467 e. The second-order valence-electron chi connectivity index (χ2n) is 16.1. The Kier molecular flexibility index (Phi) is 17.9. The number of carbonyl (C=O) groups excluding carboxylic acids is 4. The molecule has 0 heterocycles. The molecule has 0 aromatic heterocycles. The Bertz CT molecular complexity index is 1570. The van der Waals surface area contributed by atoms with Crippen molar-refractivity contribution in [1.29, 1.82) is 0 Å². The molecule has 0 aliphatic carbocycles. The molecule has 11 heteroatoms. The van der Waals surface area contributed by atoms with Crippen LogP contribution in [0.3, 0.4) is 0 Å². The van der Waals surface area contributed by atoms with Crippen molar-refractivity contribution in [2.45, 2.75) is 110 Å². The maximum Gasteiger partial charge on any atom is 0.407 e. The Morgan fingerprint density at radius 2 is 1.18 bits per heavy atom. The molecule has 0 aliphatic rings. The maximum absolute atomic E-state index is 14.1. The third kappa shape index (κ3) is 13.4. The zero-order chi connectivity index (χ0) is 41.5. The van der Waals surface area contributed by atoms with Gasteiger partial charge in [-0.25, -0.2) is 9.59 Å². The predicted molar refractivity (Wildman–Crippen MR) is 226 cm³/mol. The van der Waals surface area contributed by atoms with E-state index >= 15 is 0 Å². The molecule has 3 rings (SSSR count). The summed E-state index contributed by atoms with van der Waals surface area (Å²) < 4.78 is 10.0. The summed E-state index contributed by atoms with van der Waals surface area (Å²) >= 11 is 1.70. The van der Waals surface area contributed by atoms with Crippen LogP contribution in [0.1, 0.15) is 91.8 Å². The van der Waals surface area contributed by atoms with Gasteiger partial charge in [0, 0.05) is 12.3 Å². The monoisotopic (exact) mass is 788 g/mol. The van der Waals surface area contributed by atoms with Gasteiger partial charge in [-0.3, -0.25) is 9.59 Å². The highest BCUT2D eigenvalue weighted by Crippen LogP contribution is 2.48. The van der Waals surface area contributed by atoms with Crippen molar-refractivity contribution in [2.24, 2.45) is 17.8 Å². The lowest BCUT2D eigenvalue weighted by molar-refractivity contribution is -0.146. The fourth-order valence-electron chi connectivity index (χ4n) is 6.55. The van der Waals surface area contributed by atoms with Crippen LogP contribution in [0.4, 0.5) is 4.79 Å². The molecular formula is C45H64N4O6S. The Morgan fingerprint density at radius 1 is 0.696 bits per heavy atom. The summed E-state index contributed by atoms with van der Waals surface area (Å²) in [6.07, 6.45) is 0.464. The lowest BCUT2D eigenvalue weighted by Crippen LogP contribution is -2.59. The van der Waals surface area contributed by atoms with Gasteiger partial charge >= 0.3 is 12.1 Å². The van der Waals surface area contributed by atoms with Gasteiger partial charge in [-0.15, -0.1) is 11.8 Å². The zero-order valence-electron chi connectivity index (χ0n) is 34.9. The highest BCUT2D eigenvalue weighted by Gasteiger charge is 2.39. The SMILES string of the molecule is CC[C@H](C)[C@H](NC(=O)[C@@H](NC[C@H](CSC(c1ccccc1)(c1ccccc1)c1ccccc1)NC(=O)OC(C)(C)C)C(C)C)C(=O)N[C@@H](CC(C)C)C(=O)OC. The molecule has 0 spiro atoms. The first-order valence-corrected chi connectivity index (χ1v) is 20.7. The molecular weight excluding hydrogens is 725 g/mol. The van der Waals surface area contributed by atoms with Gasteiger partial charge < -0.3 is 30.7 Å². The lowest BCUT2D eigenvalue weighted by atomic mass is 9.84. The first kappa shape index (κ1) is 46.0. The van der Waals surface area contributed by atoms with Crippen LogP contribution < -0.4 is 21.3 Å². The number of rotatable bonds is 20. The van der Waals surface area contributed by atoms with Crippen LogP contribution in [0.25, 0.3) is 0 Å². The van der Waals surface area contributed by atoms with Gasteiger partial charge in [0.1, 0.15) is 17.7 Å². The molecule has 4 N–H and O–H groups in total. The minimum atomic E-state index is -0.885. The second-order valence-corrected chi connectivity index (χ2v) is 17.4. The van der Waals surface area contributed by atoms with Crippen LogP contribution in [-0.2, 0) is 28.6 Å². The van der Waals surface area contributed by atoms with E-state index in [2.05, 4.69) is 57.7 Å². The number of alkyl carbamates (subject to hydrolysis) is 1. The van der Waals surface area contributed by atoms with Crippen molar-refractivity contribution in [2.75, 3.05) is 19.4 Å². The van der Waals surface area contributed by atoms with E-state index in [1.807, 2.05) is 117 Å². The summed E-state index contributed by atoms with van der Waals surface area (Å²) in [6.45, 7) is 17.3. The van der Waals surface area contributed by atoms with Gasteiger partial charge in [0.15, 0.2) is 0 Å². The number of esters is 1. The van der Waals surface area contributed by atoms with E-state index in [9.17, 15) is 19.2 Å². The standard InChI is InChI=1S/C45H64N4O6S/c1-11-32(6)39(41(51)48-37(27-30(2)3)42(52)54-10)49-40(50)38(31(4)5)46-28-36(47-43(53)55-44(7,8)9)29-56-45(33-21-15-12-16-22-33,34-23-17-13-18-24-34)35-25-19-14-20-26-35/h12-26,30-32,36-39,46H,11,27-29H2,1-10H3,(H,47,53)(H,48,51)(H,49,50)/t32-,36+,37-,38-,39-/m0/s1. The fourth-order valence-corrected chi connectivity index (χ4v) is 8.12. The molecule has 0 saturated carbocycles. The summed E-state index contributed by atoms with van der Waals surface area (Å²) in [5.74, 6) is -1.14. The molecule has 0 unspecified atom stereocenters. The average Bonchev–Trinajstić information content (AvgIpc) is 3.16. The van der Waals surface area contributed by atoms with Gasteiger partial charge in [-0.05, 0) is 61.6 Å². The van der Waals surface area contributed by atoms with Crippen LogP contribution in [0, 0.1) is 17.8 Å². The molecule has 0 saturated heterocycles. The highest BCUT2D eigenvalue weighted by molar-refractivity contribution is 8.00. The summed E-state index contributed by atoms with van der Waals surface area (Å²) in [7, 11) is 1.29. The van der Waals surface area contributed by atoms with Gasteiger partial charge in [-0.1, -0.05) is 139 Å². The van der Waals surface area contributed by atoms with E-state index < -0.39 is 52.5 Å². The Morgan fingerprint density at radius 3 is 1.59 bits per heavy atom. The normalized spacial score (nSPS) is 14.6. The number of thioether (sulfide) groups is 1. The van der Waals surface area contributed by atoms with Crippen molar-refractivity contribution in [3.05, 3.63) is 108 Å². The summed E-state index contributed by atoms with van der Waals surface area (Å²) in [5.41, 5.74) is 2.54. The Hall–Kier alpha value is -4.35. The topological polar surface area (TPSA) is 135 Å². The van der Waals surface area contributed by atoms with Crippen molar-refractivity contribution in [3.8, 4) is 0 Å². The molecule has 56 heavy (non-hydrogen) atoms. The van der Waals surface area contributed by atoms with Crippen LogP contribution in [0.15, 0.2) is 91.0 Å². The van der Waals surface area contributed by atoms with Crippen LogP contribution in [0.2, 0.25) is 0 Å². The van der Waals surface area contributed by atoms with E-state index in [1.54, 1.807) is 11.8 Å². The van der Waals surface area contributed by atoms with Crippen molar-refractivity contribution in [1.82, 2.24) is 21.3 Å². The largest absolute Gasteiger partial charge is 0.467 e. The summed E-state index contributed by atoms with van der Waals surface area (Å²) in [5, 5.41) is 12.4. The van der Waals surface area contributed by atoms with Crippen LogP contribution in [-0.4, -0.2) is 73.1 Å². The van der Waals surface area contributed by atoms with Crippen molar-refractivity contribution >= 4 is 35.6 Å². The molecule has 0 radical (unpaired) electrons.